The predicted octanol–water partition coefficient (Wildman–Crippen LogP) is 5.20. The second-order valence-corrected chi connectivity index (χ2v) is 14.2. The third kappa shape index (κ3) is 5.32. The number of halogens is 1. The second kappa shape index (κ2) is 11.5. The number of aliphatic hydroxyl groups is 1. The minimum Gasteiger partial charge on any atom is -0.494 e. The number of amides is 3. The van der Waals surface area contributed by atoms with Crippen molar-refractivity contribution in [2.45, 2.75) is 68.5 Å². The van der Waals surface area contributed by atoms with Crippen molar-refractivity contribution < 1.29 is 24.2 Å². The summed E-state index contributed by atoms with van der Waals surface area (Å²) >= 11 is 7.65. The molecule has 3 saturated heterocycles. The first kappa shape index (κ1) is 29.7. The zero-order chi connectivity index (χ0) is 29.5. The number of carbonyl (C=O) groups excluding carboxylic acids is 3. The zero-order valence-electron chi connectivity index (χ0n) is 23.9. The van der Waals surface area contributed by atoms with Crippen molar-refractivity contribution in [3.8, 4) is 5.75 Å². The van der Waals surface area contributed by atoms with Crippen molar-refractivity contribution in [2.75, 3.05) is 23.8 Å². The minimum absolute atomic E-state index is 0.193. The fourth-order valence-electron chi connectivity index (χ4n) is 7.04. The van der Waals surface area contributed by atoms with Crippen LogP contribution in [0.1, 0.15) is 47.0 Å². The molecule has 6 atom stereocenters. The Labute approximate surface area is 250 Å². The van der Waals surface area contributed by atoms with Gasteiger partial charge in [0.1, 0.15) is 11.8 Å². The van der Waals surface area contributed by atoms with Crippen molar-refractivity contribution in [1.82, 2.24) is 4.90 Å². The molecule has 0 aromatic heterocycles. The number of anilines is 2. The molecule has 0 saturated carbocycles. The number of rotatable bonds is 10. The lowest BCUT2D eigenvalue weighted by atomic mass is 9.66. The lowest BCUT2D eigenvalue weighted by Gasteiger charge is -2.37. The summed E-state index contributed by atoms with van der Waals surface area (Å²) in [7, 11) is 0. The Bertz CT molecular complexity index is 1310. The van der Waals surface area contributed by atoms with Crippen molar-refractivity contribution in [3.05, 3.63) is 53.6 Å². The molecule has 5 rings (SSSR count). The molecule has 3 N–H and O–H groups in total. The Kier molecular flexibility index (Phi) is 8.34. The smallest absolute Gasteiger partial charge is 0.248 e. The minimum atomic E-state index is -0.832. The number of hydrogen-bond acceptors (Lipinski definition) is 6. The molecule has 1 spiro atoms. The van der Waals surface area contributed by atoms with Gasteiger partial charge in [0.2, 0.25) is 17.7 Å². The molecule has 10 heteroatoms. The van der Waals surface area contributed by atoms with E-state index in [0.717, 1.165) is 0 Å². The number of fused-ring (bicyclic) bond motifs is 1. The highest BCUT2D eigenvalue weighted by Crippen LogP contribution is 2.71. The van der Waals surface area contributed by atoms with E-state index in [2.05, 4.69) is 10.6 Å². The van der Waals surface area contributed by atoms with Crippen LogP contribution in [-0.2, 0) is 14.4 Å². The van der Waals surface area contributed by atoms with Crippen LogP contribution in [0.4, 0.5) is 11.4 Å². The van der Waals surface area contributed by atoms with Crippen molar-refractivity contribution >= 4 is 52.5 Å². The van der Waals surface area contributed by atoms with Gasteiger partial charge in [-0.3, -0.25) is 14.4 Å². The van der Waals surface area contributed by atoms with Crippen LogP contribution in [0.3, 0.4) is 0 Å². The molecule has 3 fully saturated rings. The first-order valence-corrected chi connectivity index (χ1v) is 15.5. The van der Waals surface area contributed by atoms with Crippen molar-refractivity contribution in [2.24, 2.45) is 17.8 Å². The highest BCUT2D eigenvalue weighted by Gasteiger charge is 2.77. The van der Waals surface area contributed by atoms with Gasteiger partial charge in [0.15, 0.2) is 0 Å². The Morgan fingerprint density at radius 1 is 1.07 bits per heavy atom. The summed E-state index contributed by atoms with van der Waals surface area (Å²) in [4.78, 5) is 44.0. The fraction of sp³-hybridized carbons (Fsp3) is 0.516. The van der Waals surface area contributed by atoms with E-state index in [9.17, 15) is 19.5 Å². The van der Waals surface area contributed by atoms with Crippen molar-refractivity contribution in [3.63, 3.8) is 0 Å². The highest BCUT2D eigenvalue weighted by atomic mass is 35.5. The monoisotopic (exact) mass is 599 g/mol. The standard InChI is InChI=1S/C31H38ClN3O5S/c1-5-40-23-12-10-21(11-13-23)33-27(37)24-25-29(39)35(22(17-36)16-18(2)3)26(31(25)15-14-30(24,4)41-31)28(38)34-20-8-6-19(32)7-9-20/h6-13,18,22,24-26,36H,5,14-17H2,1-4H3,(H,33,37)(H,34,38)/t22-,24-,25+,26?,30+,31?/m1/s1. The maximum Gasteiger partial charge on any atom is 0.248 e. The topological polar surface area (TPSA) is 108 Å². The number of hydrogen-bond donors (Lipinski definition) is 3. The van der Waals surface area contributed by atoms with Crippen LogP contribution in [0.25, 0.3) is 0 Å². The van der Waals surface area contributed by atoms with Crippen molar-refractivity contribution in [1.29, 1.82) is 0 Å². The van der Waals surface area contributed by atoms with Gasteiger partial charge in [-0.25, -0.2) is 0 Å². The SMILES string of the molecule is CCOc1ccc(NC(=O)[C@H]2[C@H]3C(=O)N([C@@H](CO)CC(C)C)C(C(=O)Nc4ccc(Cl)cc4)C34CC[C@]2(C)S4)cc1. The van der Waals surface area contributed by atoms with Crippen LogP contribution in [0.2, 0.25) is 5.02 Å². The Morgan fingerprint density at radius 3 is 2.27 bits per heavy atom. The Morgan fingerprint density at radius 2 is 1.68 bits per heavy atom. The molecular weight excluding hydrogens is 562 g/mol. The molecule has 2 aromatic rings. The molecule has 3 amide bonds. The third-order valence-corrected chi connectivity index (χ3v) is 10.9. The largest absolute Gasteiger partial charge is 0.494 e. The molecule has 2 bridgehead atoms. The fourth-order valence-corrected chi connectivity index (χ4v) is 9.51. The second-order valence-electron chi connectivity index (χ2n) is 11.9. The molecular formula is C31H38ClN3O5S. The van der Waals surface area contributed by atoms with Gasteiger partial charge in [-0.15, -0.1) is 11.8 Å². The van der Waals surface area contributed by atoms with Crippen LogP contribution in [0, 0.1) is 17.8 Å². The number of benzene rings is 2. The van der Waals surface area contributed by atoms with Crippen LogP contribution >= 0.6 is 23.4 Å². The van der Waals surface area contributed by atoms with Crippen LogP contribution in [-0.4, -0.2) is 62.5 Å². The van der Waals surface area contributed by atoms with E-state index in [-0.39, 0.29) is 30.2 Å². The Hall–Kier alpha value is -2.75. The average molecular weight is 600 g/mol. The van der Waals surface area contributed by atoms with Gasteiger partial charge in [-0.1, -0.05) is 25.4 Å². The zero-order valence-corrected chi connectivity index (χ0v) is 25.4. The van der Waals surface area contributed by atoms with Crippen LogP contribution < -0.4 is 15.4 Å². The first-order chi connectivity index (χ1) is 19.5. The van der Waals surface area contributed by atoms with Gasteiger partial charge in [-0.2, -0.15) is 0 Å². The van der Waals surface area contributed by atoms with Crippen LogP contribution in [0.15, 0.2) is 48.5 Å². The highest BCUT2D eigenvalue weighted by molar-refractivity contribution is 8.02. The van der Waals surface area contributed by atoms with E-state index in [4.69, 9.17) is 16.3 Å². The normalized spacial score (nSPS) is 29.0. The van der Waals surface area contributed by atoms with E-state index >= 15 is 0 Å². The summed E-state index contributed by atoms with van der Waals surface area (Å²) in [6.45, 7) is 8.29. The quantitative estimate of drug-likeness (QED) is 0.346. The molecule has 2 aromatic carbocycles. The summed E-state index contributed by atoms with van der Waals surface area (Å²) in [5, 5.41) is 17.0. The van der Waals surface area contributed by atoms with Gasteiger partial charge < -0.3 is 25.4 Å². The van der Waals surface area contributed by atoms with Crippen LogP contribution in [0.5, 0.6) is 5.75 Å². The average Bonchev–Trinajstić information content (AvgIpc) is 3.50. The summed E-state index contributed by atoms with van der Waals surface area (Å²) in [5.41, 5.74) is 1.20. The van der Waals surface area contributed by atoms with E-state index in [0.29, 0.717) is 48.0 Å². The Balaban J connectivity index is 1.50. The molecule has 8 nitrogen and oxygen atoms in total. The summed E-state index contributed by atoms with van der Waals surface area (Å²) in [6.07, 6.45) is 1.88. The lowest BCUT2D eigenvalue weighted by molar-refractivity contribution is -0.142. The molecule has 0 aliphatic carbocycles. The number of carbonyl (C=O) groups is 3. The number of nitrogens with zero attached hydrogens (tertiary/aromatic N) is 1. The lowest BCUT2D eigenvalue weighted by Crippen LogP contribution is -2.55. The van der Waals surface area contributed by atoms with Gasteiger partial charge in [0, 0.05) is 21.1 Å². The number of aliphatic hydroxyl groups excluding tert-OH is 1. The molecule has 3 aliphatic heterocycles. The number of likely N-dealkylation sites (tertiary alicyclic amines) is 1. The van der Waals surface area contributed by atoms with Gasteiger partial charge in [0.05, 0.1) is 35.8 Å². The number of nitrogens with one attached hydrogen (secondary N) is 2. The molecule has 41 heavy (non-hydrogen) atoms. The molecule has 2 unspecified atom stereocenters. The first-order valence-electron chi connectivity index (χ1n) is 14.3. The van der Waals surface area contributed by atoms with E-state index in [1.165, 1.54) is 0 Å². The maximum atomic E-state index is 14.4. The molecule has 220 valence electrons. The molecule has 3 aliphatic rings. The maximum absolute atomic E-state index is 14.4. The van der Waals surface area contributed by atoms with E-state index < -0.39 is 33.4 Å². The van der Waals surface area contributed by atoms with Gasteiger partial charge in [0.25, 0.3) is 0 Å². The molecule has 3 heterocycles. The van der Waals surface area contributed by atoms with E-state index in [1.54, 1.807) is 65.2 Å². The van der Waals surface area contributed by atoms with Gasteiger partial charge >= 0.3 is 0 Å². The van der Waals surface area contributed by atoms with E-state index in [1.807, 2.05) is 27.7 Å². The molecule has 0 radical (unpaired) electrons. The predicted molar refractivity (Wildman–Crippen MR) is 162 cm³/mol. The summed E-state index contributed by atoms with van der Waals surface area (Å²) in [6, 6.07) is 12.7. The van der Waals surface area contributed by atoms with Gasteiger partial charge in [-0.05, 0) is 87.6 Å². The summed E-state index contributed by atoms with van der Waals surface area (Å²) in [5.74, 6) is -1.18. The summed E-state index contributed by atoms with van der Waals surface area (Å²) < 4.78 is 4.22. The number of thioether (sulfide) groups is 1. The number of ether oxygens (including phenoxy) is 1. The third-order valence-electron chi connectivity index (χ3n) is 8.64.